The molecule has 3 nitrogen and oxygen atoms in total. The first-order chi connectivity index (χ1) is 6.28. The van der Waals surface area contributed by atoms with Crippen LogP contribution in [0.1, 0.15) is 6.92 Å². The molecule has 0 aromatic rings. The van der Waals surface area contributed by atoms with Gasteiger partial charge in [0.2, 0.25) is 5.91 Å². The summed E-state index contributed by atoms with van der Waals surface area (Å²) in [5, 5.41) is 7.44. The van der Waals surface area contributed by atoms with Gasteiger partial charge < -0.3 is 10.0 Å². The average Bonchev–Trinajstić information content (AvgIpc) is 1.99. The van der Waals surface area contributed by atoms with Crippen LogP contribution in [-0.2, 0) is 4.79 Å². The Balaban J connectivity index is 4.36. The molecule has 1 N–H and O–H groups in total. The molecule has 1 atom stereocenters. The van der Waals surface area contributed by atoms with Gasteiger partial charge in [-0.15, -0.1) is 11.6 Å². The highest BCUT2D eigenvalue weighted by Crippen LogP contribution is 2.17. The van der Waals surface area contributed by atoms with Crippen LogP contribution in [0.25, 0.3) is 0 Å². The molecule has 0 rings (SSSR count). The summed E-state index contributed by atoms with van der Waals surface area (Å²) in [4.78, 5) is 11.6. The van der Waals surface area contributed by atoms with Crippen molar-refractivity contribution in [3.8, 4) is 0 Å². The van der Waals surface area contributed by atoms with Crippen molar-refractivity contribution in [2.24, 2.45) is 0 Å². The zero-order valence-electron chi connectivity index (χ0n) is 7.51. The van der Waals surface area contributed by atoms with E-state index < -0.39 is 30.6 Å². The van der Waals surface area contributed by atoms with Crippen LogP contribution in [0.15, 0.2) is 0 Å². The molecular weight excluding hydrogens is 223 g/mol. The standard InChI is InChI=1S/C7H11ClF3NO2/c1-5(8)6(14)12(2-3-13)4-7(9,10)11/h5,13H,2-4H2,1H3. The van der Waals surface area contributed by atoms with E-state index in [0.717, 1.165) is 0 Å². The van der Waals surface area contributed by atoms with E-state index in [-0.39, 0.29) is 6.54 Å². The minimum Gasteiger partial charge on any atom is -0.395 e. The Kier molecular flexibility index (Phi) is 5.22. The molecule has 0 aliphatic carbocycles. The Labute approximate surface area is 84.4 Å². The minimum atomic E-state index is -4.48. The first-order valence-electron chi connectivity index (χ1n) is 3.88. The quantitative estimate of drug-likeness (QED) is 0.736. The second kappa shape index (κ2) is 5.41. The smallest absolute Gasteiger partial charge is 0.395 e. The van der Waals surface area contributed by atoms with Gasteiger partial charge in [0, 0.05) is 6.54 Å². The molecule has 7 heteroatoms. The molecule has 14 heavy (non-hydrogen) atoms. The van der Waals surface area contributed by atoms with Crippen LogP contribution >= 0.6 is 11.6 Å². The zero-order chi connectivity index (χ0) is 11.4. The van der Waals surface area contributed by atoms with Crippen LogP contribution in [0.2, 0.25) is 0 Å². The first kappa shape index (κ1) is 13.5. The lowest BCUT2D eigenvalue weighted by Crippen LogP contribution is -2.43. The minimum absolute atomic E-state index is 0.366. The molecule has 0 fully saturated rings. The molecule has 0 aliphatic rings. The third-order valence-corrected chi connectivity index (χ3v) is 1.58. The fourth-order valence-electron chi connectivity index (χ4n) is 0.856. The van der Waals surface area contributed by atoms with Gasteiger partial charge in [-0.1, -0.05) is 0 Å². The van der Waals surface area contributed by atoms with E-state index >= 15 is 0 Å². The molecule has 0 aromatic heterocycles. The molecule has 0 aliphatic heterocycles. The van der Waals surface area contributed by atoms with Crippen molar-refractivity contribution in [1.29, 1.82) is 0 Å². The Morgan fingerprint density at radius 1 is 1.57 bits per heavy atom. The maximum Gasteiger partial charge on any atom is 0.406 e. The first-order valence-corrected chi connectivity index (χ1v) is 4.32. The number of aliphatic hydroxyl groups excluding tert-OH is 1. The Bertz CT molecular complexity index is 196. The second-order valence-corrected chi connectivity index (χ2v) is 3.37. The average molecular weight is 234 g/mol. The Morgan fingerprint density at radius 2 is 2.07 bits per heavy atom. The largest absolute Gasteiger partial charge is 0.406 e. The monoisotopic (exact) mass is 233 g/mol. The van der Waals surface area contributed by atoms with E-state index in [1.54, 1.807) is 0 Å². The van der Waals surface area contributed by atoms with Gasteiger partial charge in [0.15, 0.2) is 0 Å². The maximum atomic E-state index is 11.9. The van der Waals surface area contributed by atoms with Crippen LogP contribution in [0, 0.1) is 0 Å². The number of rotatable bonds is 4. The van der Waals surface area contributed by atoms with Gasteiger partial charge in [0.1, 0.15) is 11.9 Å². The molecule has 0 heterocycles. The molecule has 1 amide bonds. The van der Waals surface area contributed by atoms with Crippen LogP contribution < -0.4 is 0 Å². The lowest BCUT2D eigenvalue weighted by molar-refractivity contribution is -0.161. The van der Waals surface area contributed by atoms with E-state index in [1.807, 2.05) is 0 Å². The Morgan fingerprint density at radius 3 is 2.36 bits per heavy atom. The fourth-order valence-corrected chi connectivity index (χ4v) is 0.994. The summed E-state index contributed by atoms with van der Waals surface area (Å²) in [5.74, 6) is -0.835. The number of carbonyl (C=O) groups excluding carboxylic acids is 1. The van der Waals surface area contributed by atoms with E-state index in [9.17, 15) is 18.0 Å². The maximum absolute atomic E-state index is 11.9. The lowest BCUT2D eigenvalue weighted by Gasteiger charge is -2.23. The van der Waals surface area contributed by atoms with Crippen LogP contribution in [0.4, 0.5) is 13.2 Å². The number of amides is 1. The highest BCUT2D eigenvalue weighted by Gasteiger charge is 2.33. The highest BCUT2D eigenvalue weighted by molar-refractivity contribution is 6.30. The van der Waals surface area contributed by atoms with Crippen molar-refractivity contribution in [1.82, 2.24) is 4.90 Å². The molecule has 0 saturated carbocycles. The number of carbonyl (C=O) groups is 1. The summed E-state index contributed by atoms with van der Waals surface area (Å²) >= 11 is 5.35. The summed E-state index contributed by atoms with van der Waals surface area (Å²) in [6.07, 6.45) is -4.48. The van der Waals surface area contributed by atoms with Gasteiger partial charge in [-0.25, -0.2) is 0 Å². The summed E-state index contributed by atoms with van der Waals surface area (Å²) < 4.78 is 35.8. The summed E-state index contributed by atoms with van der Waals surface area (Å²) in [5.41, 5.74) is 0. The third kappa shape index (κ3) is 5.29. The SMILES string of the molecule is CC(Cl)C(=O)N(CCO)CC(F)(F)F. The van der Waals surface area contributed by atoms with Gasteiger partial charge in [-0.3, -0.25) is 4.79 Å². The molecule has 0 spiro atoms. The second-order valence-electron chi connectivity index (χ2n) is 2.71. The van der Waals surface area contributed by atoms with Gasteiger partial charge in [0.05, 0.1) is 6.61 Å². The predicted molar refractivity (Wildman–Crippen MR) is 45.0 cm³/mol. The predicted octanol–water partition coefficient (Wildman–Crippen LogP) is 0.997. The van der Waals surface area contributed by atoms with Gasteiger partial charge >= 0.3 is 6.18 Å². The lowest BCUT2D eigenvalue weighted by atomic mass is 10.3. The number of hydrogen-bond acceptors (Lipinski definition) is 2. The number of alkyl halides is 4. The van der Waals surface area contributed by atoms with Crippen molar-refractivity contribution in [2.75, 3.05) is 19.7 Å². The number of hydrogen-bond donors (Lipinski definition) is 1. The fraction of sp³-hybridized carbons (Fsp3) is 0.857. The van der Waals surface area contributed by atoms with Crippen LogP contribution in [0.3, 0.4) is 0 Å². The number of aliphatic hydroxyl groups is 1. The van der Waals surface area contributed by atoms with Crippen LogP contribution in [0.5, 0.6) is 0 Å². The normalized spacial score (nSPS) is 13.9. The topological polar surface area (TPSA) is 40.5 Å². The number of halogens is 4. The van der Waals surface area contributed by atoms with Crippen molar-refractivity contribution in [3.05, 3.63) is 0 Å². The molecule has 0 aromatic carbocycles. The van der Waals surface area contributed by atoms with E-state index in [2.05, 4.69) is 0 Å². The molecule has 84 valence electrons. The number of nitrogens with zero attached hydrogens (tertiary/aromatic N) is 1. The molecule has 0 bridgehead atoms. The van der Waals surface area contributed by atoms with E-state index in [1.165, 1.54) is 6.92 Å². The van der Waals surface area contributed by atoms with Crippen molar-refractivity contribution < 1.29 is 23.1 Å². The van der Waals surface area contributed by atoms with Crippen molar-refractivity contribution >= 4 is 17.5 Å². The molecule has 0 radical (unpaired) electrons. The molecule has 1 unspecified atom stereocenters. The summed E-state index contributed by atoms with van der Waals surface area (Å²) in [6, 6.07) is 0. The van der Waals surface area contributed by atoms with Gasteiger partial charge in [0.25, 0.3) is 0 Å². The zero-order valence-corrected chi connectivity index (χ0v) is 8.27. The van der Waals surface area contributed by atoms with Crippen LogP contribution in [-0.4, -0.2) is 47.2 Å². The summed E-state index contributed by atoms with van der Waals surface area (Å²) in [7, 11) is 0. The highest BCUT2D eigenvalue weighted by atomic mass is 35.5. The van der Waals surface area contributed by atoms with Gasteiger partial charge in [-0.05, 0) is 6.92 Å². The van der Waals surface area contributed by atoms with E-state index in [0.29, 0.717) is 4.90 Å². The molecule has 0 saturated heterocycles. The van der Waals surface area contributed by atoms with E-state index in [4.69, 9.17) is 16.7 Å². The Hall–Kier alpha value is -0.490. The summed E-state index contributed by atoms with van der Waals surface area (Å²) in [6.45, 7) is -0.991. The molecular formula is C7H11ClF3NO2. The third-order valence-electron chi connectivity index (χ3n) is 1.39. The van der Waals surface area contributed by atoms with Crippen molar-refractivity contribution in [2.45, 2.75) is 18.5 Å². The van der Waals surface area contributed by atoms with Crippen molar-refractivity contribution in [3.63, 3.8) is 0 Å². The van der Waals surface area contributed by atoms with Gasteiger partial charge in [-0.2, -0.15) is 13.2 Å².